The highest BCUT2D eigenvalue weighted by molar-refractivity contribution is 8.26. The maximum atomic E-state index is 12.1. The van der Waals surface area contributed by atoms with Crippen LogP contribution in [-0.4, -0.2) is 39.9 Å². The van der Waals surface area contributed by atoms with Crippen molar-refractivity contribution in [2.24, 2.45) is 0 Å². The van der Waals surface area contributed by atoms with E-state index in [1.54, 1.807) is 25.3 Å². The minimum absolute atomic E-state index is 0.256. The van der Waals surface area contributed by atoms with E-state index < -0.39 is 12.5 Å². The van der Waals surface area contributed by atoms with Crippen molar-refractivity contribution in [3.8, 4) is 5.75 Å². The molecular weight excluding hydrogens is 298 g/mol. The van der Waals surface area contributed by atoms with E-state index >= 15 is 0 Å². The first-order valence-electron chi connectivity index (χ1n) is 5.62. The first-order valence-corrected chi connectivity index (χ1v) is 6.85. The molecule has 1 heterocycles. The fourth-order valence-corrected chi connectivity index (χ4v) is 2.91. The molecule has 0 atom stereocenters. The number of hydrogen-bond acceptors (Lipinski definition) is 5. The Bertz CT molecular complexity index is 612. The van der Waals surface area contributed by atoms with E-state index in [1.807, 2.05) is 12.1 Å². The number of amides is 1. The van der Waals surface area contributed by atoms with Crippen LogP contribution < -0.4 is 4.74 Å². The normalized spacial score (nSPS) is 16.9. The van der Waals surface area contributed by atoms with E-state index in [4.69, 9.17) is 22.1 Å². The molecule has 5 nitrogen and oxygen atoms in total. The predicted molar refractivity (Wildman–Crippen MR) is 80.5 cm³/mol. The standard InChI is InChI=1S/C13H11NO4S2/c1-18-9-4-2-3-8(5-9)6-10-12(17)14(7-11(15)16)13(19)20-10/h2-6H,7H2,1H3,(H,15,16)/b10-6+. The van der Waals surface area contributed by atoms with Gasteiger partial charge in [-0.2, -0.15) is 0 Å². The van der Waals surface area contributed by atoms with Gasteiger partial charge in [0.15, 0.2) is 0 Å². The summed E-state index contributed by atoms with van der Waals surface area (Å²) in [5.41, 5.74) is 0.792. The Morgan fingerprint density at radius 1 is 1.55 bits per heavy atom. The first-order chi connectivity index (χ1) is 9.51. The lowest BCUT2D eigenvalue weighted by Crippen LogP contribution is -2.33. The van der Waals surface area contributed by atoms with Gasteiger partial charge in [0.1, 0.15) is 16.6 Å². The number of benzene rings is 1. The van der Waals surface area contributed by atoms with E-state index in [2.05, 4.69) is 0 Å². The van der Waals surface area contributed by atoms with Gasteiger partial charge in [0, 0.05) is 0 Å². The summed E-state index contributed by atoms with van der Waals surface area (Å²) >= 11 is 6.11. The summed E-state index contributed by atoms with van der Waals surface area (Å²) < 4.78 is 5.36. The van der Waals surface area contributed by atoms with E-state index in [1.165, 1.54) is 0 Å². The second-order valence-corrected chi connectivity index (χ2v) is 5.61. The minimum atomic E-state index is -1.09. The van der Waals surface area contributed by atoms with Crippen molar-refractivity contribution in [1.29, 1.82) is 0 Å². The lowest BCUT2D eigenvalue weighted by molar-refractivity contribution is -0.140. The van der Waals surface area contributed by atoms with Crippen molar-refractivity contribution in [3.05, 3.63) is 34.7 Å². The molecule has 1 fully saturated rings. The summed E-state index contributed by atoms with van der Waals surface area (Å²) in [6.45, 7) is -0.417. The summed E-state index contributed by atoms with van der Waals surface area (Å²) in [6.07, 6.45) is 1.67. The number of carbonyl (C=O) groups excluding carboxylic acids is 1. The molecule has 20 heavy (non-hydrogen) atoms. The molecule has 0 saturated carbocycles. The van der Waals surface area contributed by atoms with Gasteiger partial charge in [0.25, 0.3) is 5.91 Å². The van der Waals surface area contributed by atoms with Crippen LogP contribution in [0.5, 0.6) is 5.75 Å². The zero-order valence-electron chi connectivity index (χ0n) is 10.5. The summed E-state index contributed by atoms with van der Waals surface area (Å²) in [4.78, 5) is 24.2. The average Bonchev–Trinajstić information content (AvgIpc) is 2.66. The Kier molecular flexibility index (Phi) is 4.41. The van der Waals surface area contributed by atoms with Crippen LogP contribution in [0.25, 0.3) is 6.08 Å². The number of ether oxygens (including phenoxy) is 1. The van der Waals surface area contributed by atoms with Crippen molar-refractivity contribution in [2.45, 2.75) is 0 Å². The Morgan fingerprint density at radius 2 is 2.30 bits per heavy atom. The quantitative estimate of drug-likeness (QED) is 0.677. The van der Waals surface area contributed by atoms with Gasteiger partial charge in [-0.15, -0.1) is 0 Å². The predicted octanol–water partition coefficient (Wildman–Crippen LogP) is 1.98. The van der Waals surface area contributed by atoms with Gasteiger partial charge in [-0.1, -0.05) is 36.1 Å². The Hall–Kier alpha value is -1.86. The number of rotatable bonds is 4. The number of nitrogens with zero attached hydrogens (tertiary/aromatic N) is 1. The Morgan fingerprint density at radius 3 is 2.95 bits per heavy atom. The largest absolute Gasteiger partial charge is 0.497 e. The second kappa shape index (κ2) is 6.06. The van der Waals surface area contributed by atoms with Crippen LogP contribution in [0.2, 0.25) is 0 Å². The molecule has 0 aliphatic carbocycles. The van der Waals surface area contributed by atoms with Crippen LogP contribution in [0.15, 0.2) is 29.2 Å². The number of aliphatic carboxylic acids is 1. The fraction of sp³-hybridized carbons (Fsp3) is 0.154. The van der Waals surface area contributed by atoms with Crippen molar-refractivity contribution < 1.29 is 19.4 Å². The molecule has 1 aromatic rings. The lowest BCUT2D eigenvalue weighted by atomic mass is 10.2. The van der Waals surface area contributed by atoms with Gasteiger partial charge in [-0.05, 0) is 23.8 Å². The van der Waals surface area contributed by atoms with Gasteiger partial charge in [-0.3, -0.25) is 14.5 Å². The highest BCUT2D eigenvalue weighted by Crippen LogP contribution is 2.32. The molecule has 0 radical (unpaired) electrons. The van der Waals surface area contributed by atoms with Gasteiger partial charge in [0.05, 0.1) is 12.0 Å². The summed E-state index contributed by atoms with van der Waals surface area (Å²) in [5.74, 6) is -0.797. The number of carboxylic acids is 1. The highest BCUT2D eigenvalue weighted by Gasteiger charge is 2.33. The van der Waals surface area contributed by atoms with Gasteiger partial charge < -0.3 is 9.84 Å². The maximum absolute atomic E-state index is 12.1. The third-order valence-electron chi connectivity index (χ3n) is 2.56. The molecule has 1 aromatic carbocycles. The number of thiocarbonyl (C=S) groups is 1. The molecule has 0 bridgehead atoms. The number of thioether (sulfide) groups is 1. The summed E-state index contributed by atoms with van der Waals surface area (Å²) in [7, 11) is 1.56. The van der Waals surface area contributed by atoms with E-state index in [0.29, 0.717) is 10.7 Å². The highest BCUT2D eigenvalue weighted by atomic mass is 32.2. The van der Waals surface area contributed by atoms with E-state index in [-0.39, 0.29) is 10.2 Å². The zero-order chi connectivity index (χ0) is 14.7. The van der Waals surface area contributed by atoms with Crippen LogP contribution in [0.4, 0.5) is 0 Å². The van der Waals surface area contributed by atoms with E-state index in [0.717, 1.165) is 22.2 Å². The third-order valence-corrected chi connectivity index (χ3v) is 3.94. The molecule has 1 saturated heterocycles. The topological polar surface area (TPSA) is 66.8 Å². The smallest absolute Gasteiger partial charge is 0.323 e. The van der Waals surface area contributed by atoms with Gasteiger partial charge >= 0.3 is 5.97 Å². The van der Waals surface area contributed by atoms with Crippen molar-refractivity contribution >= 4 is 46.3 Å². The van der Waals surface area contributed by atoms with Gasteiger partial charge in [-0.25, -0.2) is 0 Å². The van der Waals surface area contributed by atoms with E-state index in [9.17, 15) is 9.59 Å². The number of methoxy groups -OCH3 is 1. The molecule has 7 heteroatoms. The van der Waals surface area contributed by atoms with Crippen molar-refractivity contribution in [1.82, 2.24) is 4.90 Å². The summed E-state index contributed by atoms with van der Waals surface area (Å²) in [6, 6.07) is 7.21. The minimum Gasteiger partial charge on any atom is -0.497 e. The average molecular weight is 309 g/mol. The summed E-state index contributed by atoms with van der Waals surface area (Å²) in [5, 5.41) is 8.75. The van der Waals surface area contributed by atoms with Crippen LogP contribution >= 0.6 is 24.0 Å². The number of carboxylic acid groups (broad SMARTS) is 1. The molecule has 2 rings (SSSR count). The first kappa shape index (κ1) is 14.5. The molecule has 104 valence electrons. The van der Waals surface area contributed by atoms with Crippen LogP contribution in [0.3, 0.4) is 0 Å². The fourth-order valence-electron chi connectivity index (χ4n) is 1.65. The number of hydrogen-bond donors (Lipinski definition) is 1. The van der Waals surface area contributed by atoms with Crippen LogP contribution in [0.1, 0.15) is 5.56 Å². The lowest BCUT2D eigenvalue weighted by Gasteiger charge is -2.10. The second-order valence-electron chi connectivity index (χ2n) is 3.94. The molecule has 0 unspecified atom stereocenters. The zero-order valence-corrected chi connectivity index (χ0v) is 12.2. The molecule has 1 N–H and O–H groups in total. The Balaban J connectivity index is 2.25. The third kappa shape index (κ3) is 3.17. The molecule has 0 spiro atoms. The van der Waals surface area contributed by atoms with Crippen molar-refractivity contribution in [2.75, 3.05) is 13.7 Å². The van der Waals surface area contributed by atoms with Crippen LogP contribution in [-0.2, 0) is 9.59 Å². The molecule has 1 amide bonds. The molecular formula is C13H11NO4S2. The van der Waals surface area contributed by atoms with Crippen molar-refractivity contribution in [3.63, 3.8) is 0 Å². The molecule has 1 aliphatic heterocycles. The molecule has 0 aromatic heterocycles. The molecule has 1 aliphatic rings. The Labute approximate surface area is 125 Å². The SMILES string of the molecule is COc1cccc(/C=C2/SC(=S)N(CC(=O)O)C2=O)c1. The maximum Gasteiger partial charge on any atom is 0.323 e. The number of carbonyl (C=O) groups is 2. The van der Waals surface area contributed by atoms with Gasteiger partial charge in [0.2, 0.25) is 0 Å². The van der Waals surface area contributed by atoms with Crippen LogP contribution in [0, 0.1) is 0 Å². The monoisotopic (exact) mass is 309 g/mol.